The molecule has 3 aliphatic rings. The van der Waals surface area contributed by atoms with Gasteiger partial charge >= 0.3 is 11.9 Å². The molecule has 1 aromatic heterocycles. The first kappa shape index (κ1) is 28.8. The van der Waals surface area contributed by atoms with E-state index < -0.39 is 24.1 Å². The normalized spacial score (nSPS) is 21.1. The van der Waals surface area contributed by atoms with Crippen LogP contribution in [0.4, 0.5) is 10.1 Å². The van der Waals surface area contributed by atoms with Crippen LogP contribution in [-0.4, -0.2) is 70.4 Å². The largest absolute Gasteiger partial charge is 0.494 e. The highest BCUT2D eigenvalue weighted by molar-refractivity contribution is 5.69. The molecule has 2 aromatic rings. The third kappa shape index (κ3) is 6.45. The summed E-state index contributed by atoms with van der Waals surface area (Å²) in [6.45, 7) is 6.52. The second-order valence-electron chi connectivity index (χ2n) is 10.9. The van der Waals surface area contributed by atoms with Gasteiger partial charge < -0.3 is 29.3 Å². The maximum atomic E-state index is 14.2. The van der Waals surface area contributed by atoms with Gasteiger partial charge in [0.15, 0.2) is 12.2 Å². The number of hydrogen-bond donors (Lipinski definition) is 2. The van der Waals surface area contributed by atoms with Crippen molar-refractivity contribution < 1.29 is 38.4 Å². The molecular weight excluding hydrogens is 533 g/mol. The maximum Gasteiger partial charge on any atom is 0.303 e. The molecule has 2 aliphatic carbocycles. The number of rotatable bonds is 9. The average molecular weight is 572 g/mol. The standard InChI is InChI=1S/C30H38FN3O7/c1-19(35)39-25-10-11-26(40-20(2)36)28-27(25)29(37)34(30(28)38)13-5-12-32-14-16-33(17-15-32)23-18-21(31)8-9-24(23)41-22-6-3-4-7-22/h8-11,18,22,25-26,37-38H,3-7,12-17H2,1-2H3. The van der Waals surface area contributed by atoms with Crippen molar-refractivity contribution in [3.8, 4) is 17.5 Å². The van der Waals surface area contributed by atoms with Gasteiger partial charge in [0.05, 0.1) is 22.9 Å². The fraction of sp³-hybridized carbons (Fsp3) is 0.533. The molecule has 0 radical (unpaired) electrons. The Morgan fingerprint density at radius 2 is 1.49 bits per heavy atom. The Morgan fingerprint density at radius 3 is 2.05 bits per heavy atom. The van der Waals surface area contributed by atoms with Crippen LogP contribution >= 0.6 is 0 Å². The minimum Gasteiger partial charge on any atom is -0.494 e. The van der Waals surface area contributed by atoms with E-state index in [1.807, 2.05) is 0 Å². The third-order valence-electron chi connectivity index (χ3n) is 7.98. The van der Waals surface area contributed by atoms with Crippen molar-refractivity contribution in [2.45, 2.75) is 70.8 Å². The van der Waals surface area contributed by atoms with E-state index in [2.05, 4.69) is 9.80 Å². The zero-order valence-electron chi connectivity index (χ0n) is 23.6. The summed E-state index contributed by atoms with van der Waals surface area (Å²) in [4.78, 5) is 27.7. The Morgan fingerprint density at radius 1 is 0.902 bits per heavy atom. The predicted molar refractivity (Wildman–Crippen MR) is 148 cm³/mol. The van der Waals surface area contributed by atoms with Crippen molar-refractivity contribution in [3.05, 3.63) is 47.3 Å². The Kier molecular flexibility index (Phi) is 8.72. The highest BCUT2D eigenvalue weighted by Gasteiger charge is 2.37. The number of carbonyl (C=O) groups excluding carboxylic acids is 2. The topological polar surface area (TPSA) is 114 Å². The smallest absolute Gasteiger partial charge is 0.303 e. The number of piperazine rings is 1. The van der Waals surface area contributed by atoms with Gasteiger partial charge in [0, 0.05) is 52.6 Å². The molecule has 5 rings (SSSR count). The van der Waals surface area contributed by atoms with E-state index in [1.165, 1.54) is 36.6 Å². The van der Waals surface area contributed by atoms with Crippen LogP contribution in [0.2, 0.25) is 0 Å². The molecule has 1 saturated heterocycles. The molecule has 1 aromatic carbocycles. The molecule has 11 heteroatoms. The summed E-state index contributed by atoms with van der Waals surface area (Å²) in [5.74, 6) is -1.08. The lowest BCUT2D eigenvalue weighted by Gasteiger charge is -2.37. The van der Waals surface area contributed by atoms with E-state index >= 15 is 0 Å². The summed E-state index contributed by atoms with van der Waals surface area (Å²) >= 11 is 0. The van der Waals surface area contributed by atoms with E-state index in [1.54, 1.807) is 12.1 Å². The van der Waals surface area contributed by atoms with Crippen LogP contribution in [0.25, 0.3) is 0 Å². The van der Waals surface area contributed by atoms with Crippen LogP contribution in [-0.2, 0) is 25.6 Å². The average Bonchev–Trinajstić information content (AvgIpc) is 3.53. The van der Waals surface area contributed by atoms with Gasteiger partial charge in [-0.2, -0.15) is 0 Å². The van der Waals surface area contributed by atoms with Gasteiger partial charge in [-0.1, -0.05) is 0 Å². The minimum atomic E-state index is -0.903. The molecule has 1 aliphatic heterocycles. The Hall–Kier alpha value is -3.73. The molecule has 0 amide bonds. The van der Waals surface area contributed by atoms with Crippen molar-refractivity contribution in [3.63, 3.8) is 0 Å². The number of benzene rings is 1. The molecule has 2 fully saturated rings. The van der Waals surface area contributed by atoms with Crippen LogP contribution < -0.4 is 9.64 Å². The number of aromatic nitrogens is 1. The quantitative estimate of drug-likeness (QED) is 0.335. The lowest BCUT2D eigenvalue weighted by Crippen LogP contribution is -2.47. The van der Waals surface area contributed by atoms with E-state index in [9.17, 15) is 24.2 Å². The van der Waals surface area contributed by atoms with Gasteiger partial charge in [0.2, 0.25) is 11.8 Å². The van der Waals surface area contributed by atoms with Gasteiger partial charge in [-0.05, 0) is 62.9 Å². The van der Waals surface area contributed by atoms with Crippen molar-refractivity contribution in [1.29, 1.82) is 0 Å². The number of anilines is 1. The summed E-state index contributed by atoms with van der Waals surface area (Å²) in [5.41, 5.74) is 1.22. The highest BCUT2D eigenvalue weighted by atomic mass is 19.1. The molecule has 2 heterocycles. The van der Waals surface area contributed by atoms with Crippen LogP contribution in [0.1, 0.15) is 69.3 Å². The van der Waals surface area contributed by atoms with Crippen LogP contribution in [0.15, 0.2) is 30.4 Å². The van der Waals surface area contributed by atoms with Gasteiger partial charge in [0.25, 0.3) is 0 Å². The van der Waals surface area contributed by atoms with E-state index in [0.29, 0.717) is 19.5 Å². The zero-order chi connectivity index (χ0) is 29.1. The summed E-state index contributed by atoms with van der Waals surface area (Å²) in [5, 5.41) is 22.0. The predicted octanol–water partition coefficient (Wildman–Crippen LogP) is 4.35. The summed E-state index contributed by atoms with van der Waals surface area (Å²) in [6, 6.07) is 4.74. The molecule has 10 nitrogen and oxygen atoms in total. The van der Waals surface area contributed by atoms with E-state index in [4.69, 9.17) is 14.2 Å². The summed E-state index contributed by atoms with van der Waals surface area (Å²) in [7, 11) is 0. The van der Waals surface area contributed by atoms with Crippen molar-refractivity contribution in [2.24, 2.45) is 0 Å². The van der Waals surface area contributed by atoms with E-state index in [-0.39, 0.29) is 34.8 Å². The number of fused-ring (bicyclic) bond motifs is 1. The van der Waals surface area contributed by atoms with Gasteiger partial charge in [-0.3, -0.25) is 19.1 Å². The number of nitrogens with zero attached hydrogens (tertiary/aromatic N) is 3. The number of ether oxygens (including phenoxy) is 3. The second-order valence-corrected chi connectivity index (χ2v) is 10.9. The number of carbonyl (C=O) groups is 2. The Labute approximate surface area is 238 Å². The second kappa shape index (κ2) is 12.4. The first-order valence-corrected chi connectivity index (χ1v) is 14.3. The van der Waals surface area contributed by atoms with Crippen LogP contribution in [0, 0.1) is 5.82 Å². The lowest BCUT2D eigenvalue weighted by molar-refractivity contribution is -0.147. The van der Waals surface area contributed by atoms with Crippen LogP contribution in [0.5, 0.6) is 17.5 Å². The Bertz CT molecular complexity index is 1250. The van der Waals surface area contributed by atoms with Crippen molar-refractivity contribution in [2.75, 3.05) is 37.6 Å². The first-order valence-electron chi connectivity index (χ1n) is 14.3. The SMILES string of the molecule is CC(=O)OC1C=CC(OC(C)=O)c2c1c(O)n(CCCN1CCN(c3cc(F)ccc3OC3CCCC3)CC1)c2O. The fourth-order valence-corrected chi connectivity index (χ4v) is 6.04. The third-order valence-corrected chi connectivity index (χ3v) is 7.98. The summed E-state index contributed by atoms with van der Waals surface area (Å²) in [6.07, 6.45) is 6.46. The molecule has 1 saturated carbocycles. The zero-order valence-corrected chi connectivity index (χ0v) is 23.6. The molecule has 2 atom stereocenters. The van der Waals surface area contributed by atoms with Gasteiger partial charge in [-0.15, -0.1) is 0 Å². The number of esters is 2. The molecule has 41 heavy (non-hydrogen) atoms. The molecule has 222 valence electrons. The number of hydrogen-bond acceptors (Lipinski definition) is 9. The monoisotopic (exact) mass is 571 g/mol. The summed E-state index contributed by atoms with van der Waals surface area (Å²) < 4.78 is 32.4. The molecular formula is C30H38FN3O7. The maximum absolute atomic E-state index is 14.2. The number of halogens is 1. The fourth-order valence-electron chi connectivity index (χ4n) is 6.04. The number of aromatic hydroxyl groups is 2. The van der Waals surface area contributed by atoms with Crippen molar-refractivity contribution >= 4 is 17.6 Å². The first-order chi connectivity index (χ1) is 19.7. The van der Waals surface area contributed by atoms with Gasteiger partial charge in [0.1, 0.15) is 11.6 Å². The molecule has 2 N–H and O–H groups in total. The molecule has 2 unspecified atom stereocenters. The molecule has 0 bridgehead atoms. The molecule has 0 spiro atoms. The van der Waals surface area contributed by atoms with Crippen LogP contribution in [0.3, 0.4) is 0 Å². The van der Waals surface area contributed by atoms with Crippen molar-refractivity contribution in [1.82, 2.24) is 9.47 Å². The Balaban J connectivity index is 1.21. The highest BCUT2D eigenvalue weighted by Crippen LogP contribution is 2.47. The lowest BCUT2D eigenvalue weighted by atomic mass is 9.96. The minimum absolute atomic E-state index is 0.192. The van der Waals surface area contributed by atoms with E-state index in [0.717, 1.165) is 63.3 Å². The van der Waals surface area contributed by atoms with Gasteiger partial charge in [-0.25, -0.2) is 4.39 Å².